The van der Waals surface area contributed by atoms with E-state index in [1.807, 2.05) is 69.6 Å². The third-order valence-corrected chi connectivity index (χ3v) is 12.6. The number of aromatic nitrogens is 2. The van der Waals surface area contributed by atoms with Gasteiger partial charge in [-0.3, -0.25) is 0 Å². The number of aryl methyl sites for hydroxylation is 2. The van der Waals surface area contributed by atoms with Crippen molar-refractivity contribution in [3.8, 4) is 35.3 Å². The second kappa shape index (κ2) is 30.0. The summed E-state index contributed by atoms with van der Waals surface area (Å²) in [4.78, 5) is 3.25. The molecule has 9 rings (SSSR count). The number of nitrogens with zero attached hydrogens (tertiary/aromatic N) is 2. The summed E-state index contributed by atoms with van der Waals surface area (Å²) in [6.07, 6.45) is 7.28. The fourth-order valence-corrected chi connectivity index (χ4v) is 8.04. The van der Waals surface area contributed by atoms with E-state index in [-0.39, 0.29) is 6.61 Å². The van der Waals surface area contributed by atoms with Gasteiger partial charge in [0.05, 0.1) is 38.7 Å². The molecule has 3 heterocycles. The third kappa shape index (κ3) is 17.8. The zero-order valence-corrected chi connectivity index (χ0v) is 47.5. The van der Waals surface area contributed by atoms with Gasteiger partial charge in [-0.25, -0.2) is 0 Å². The van der Waals surface area contributed by atoms with Crippen molar-refractivity contribution < 1.29 is 19.3 Å². The molecule has 4 N–H and O–H groups in total. The third-order valence-electron chi connectivity index (χ3n) is 10.1. The van der Waals surface area contributed by atoms with Crippen LogP contribution in [0.5, 0.6) is 17.2 Å². The number of fused-ring (bicyclic) bond motifs is 3. The molecule has 2 aromatic heterocycles. The molecule has 0 fully saturated rings. The first-order valence-corrected chi connectivity index (χ1v) is 25.6. The lowest BCUT2D eigenvalue weighted by molar-refractivity contribution is 0.305. The highest BCUT2D eigenvalue weighted by Crippen LogP contribution is 2.28. The van der Waals surface area contributed by atoms with Crippen molar-refractivity contribution in [1.29, 1.82) is 0 Å². The Balaban J connectivity index is 0.000000193. The maximum atomic E-state index is 7.92. The van der Waals surface area contributed by atoms with Crippen LogP contribution in [-0.2, 0) is 0 Å². The standard InChI is InChI=1S/C16H14BrNO.C16H13INO.C10H11NO.C6H4BrI.C4H12N2.C4H6O/c2*1-11-9-12-10-15(19-2)7-8-16(12)18(11)14-5-3-13(17)4-6-14;1-7-5-8-6-9(12-2)3-4-10(8)11-7;7-5-1-3-6(8)4-2-5;1-5-3-4-6-2;1-2-3-4-5/h3-10H,1-2H3;3-10H,1H2,2H3;3-6,11H,1-2H3;1-4H;5-6H,3-4H2,1-2H3;1,5H,3-4H2/q;+1;;;;. The number of benzene rings is 6. The van der Waals surface area contributed by atoms with Crippen LogP contribution in [0.4, 0.5) is 5.69 Å². The number of methoxy groups -OCH3 is 3. The maximum Gasteiger partial charge on any atom is 0.219 e. The van der Waals surface area contributed by atoms with E-state index in [1.165, 1.54) is 40.5 Å². The summed E-state index contributed by atoms with van der Waals surface area (Å²) in [5, 5.41) is 18.6. The minimum atomic E-state index is 0.108. The van der Waals surface area contributed by atoms with Gasteiger partial charge in [-0.2, -0.15) is 4.58 Å². The van der Waals surface area contributed by atoms with Crippen molar-refractivity contribution in [2.45, 2.75) is 20.3 Å². The molecule has 9 nitrogen and oxygen atoms in total. The van der Waals surface area contributed by atoms with Gasteiger partial charge in [0.15, 0.2) is 0 Å². The number of likely N-dealkylation sites (N-methyl/N-ethyl adjacent to an activating group) is 2. The van der Waals surface area contributed by atoms with Crippen LogP contribution < -0.4 is 40.0 Å². The number of H-pyrrole nitrogens is 1. The van der Waals surface area contributed by atoms with Crippen LogP contribution in [0.15, 0.2) is 161 Å². The molecule has 8 aromatic rings. The molecule has 6 aromatic carbocycles. The average Bonchev–Trinajstić information content (AvgIpc) is 4.02. The van der Waals surface area contributed by atoms with Gasteiger partial charge >= 0.3 is 0 Å². The van der Waals surface area contributed by atoms with Crippen molar-refractivity contribution in [3.63, 3.8) is 0 Å². The number of halogens is 4. The van der Waals surface area contributed by atoms with Gasteiger partial charge < -0.3 is 39.5 Å². The zero-order chi connectivity index (χ0) is 50.3. The molecule has 0 amide bonds. The zero-order valence-electron chi connectivity index (χ0n) is 40.0. The summed E-state index contributed by atoms with van der Waals surface area (Å²) < 4.78 is 24.8. The fourth-order valence-electron chi connectivity index (χ4n) is 6.79. The predicted molar refractivity (Wildman–Crippen MR) is 313 cm³/mol. The maximum absolute atomic E-state index is 7.92. The smallest absolute Gasteiger partial charge is 0.219 e. The Labute approximate surface area is 451 Å². The first kappa shape index (κ1) is 56.7. The monoisotopic (exact) mass is 1280 g/mol. The van der Waals surface area contributed by atoms with Gasteiger partial charge in [-0.15, -0.1) is 12.3 Å². The van der Waals surface area contributed by atoms with Crippen LogP contribution >= 0.6 is 77.0 Å². The van der Waals surface area contributed by atoms with Crippen LogP contribution in [0.3, 0.4) is 0 Å². The van der Waals surface area contributed by atoms with Gasteiger partial charge in [0, 0.05) is 93.2 Å². The molecule has 1 aliphatic heterocycles. The van der Waals surface area contributed by atoms with Gasteiger partial charge in [0.1, 0.15) is 17.2 Å². The minimum Gasteiger partial charge on any atom is -0.497 e. The van der Waals surface area contributed by atoms with Crippen molar-refractivity contribution in [2.75, 3.05) is 55.1 Å². The van der Waals surface area contributed by atoms with E-state index in [4.69, 9.17) is 25.7 Å². The van der Waals surface area contributed by atoms with Crippen molar-refractivity contribution in [3.05, 3.63) is 190 Å². The highest BCUT2D eigenvalue weighted by molar-refractivity contribution is 14.1. The van der Waals surface area contributed by atoms with Gasteiger partial charge in [0.25, 0.3) is 0 Å². The number of aliphatic hydroxyl groups is 1. The second-order valence-electron chi connectivity index (χ2n) is 15.1. The Hall–Kier alpha value is -4.93. The number of nitrogens with one attached hydrogen (secondary N) is 3. The van der Waals surface area contributed by atoms with Crippen LogP contribution in [0.2, 0.25) is 0 Å². The molecular formula is C56H60Br2I2N5O4+. The van der Waals surface area contributed by atoms with Crippen molar-refractivity contribution in [1.82, 2.24) is 24.8 Å². The van der Waals surface area contributed by atoms with Crippen LogP contribution in [0.25, 0.3) is 33.6 Å². The van der Waals surface area contributed by atoms with Gasteiger partial charge in [-0.05, 0) is 201 Å². The molecule has 69 heavy (non-hydrogen) atoms. The van der Waals surface area contributed by atoms with E-state index >= 15 is 0 Å². The van der Waals surface area contributed by atoms with Crippen LogP contribution in [0, 0.1) is 33.3 Å². The molecule has 13 heteroatoms. The number of hydrogen-bond donors (Lipinski definition) is 4. The fraction of sp³-hybridized carbons (Fsp3) is 0.196. The Bertz CT molecular complexity index is 3010. The lowest BCUT2D eigenvalue weighted by Gasteiger charge is -2.09. The van der Waals surface area contributed by atoms with Crippen molar-refractivity contribution >= 4 is 111 Å². The van der Waals surface area contributed by atoms with E-state index in [1.54, 1.807) is 21.3 Å². The minimum absolute atomic E-state index is 0.108. The molecular weight excluding hydrogens is 1220 g/mol. The summed E-state index contributed by atoms with van der Waals surface area (Å²) in [6.45, 7) is 10.5. The first-order valence-electron chi connectivity index (χ1n) is 21.9. The normalized spacial score (nSPS) is 10.8. The number of rotatable bonds is 9. The Morgan fingerprint density at radius 2 is 1.22 bits per heavy atom. The number of ether oxygens (including phenoxy) is 3. The SMILES string of the molecule is Brc1ccc(I)cc1.C#CCCO.C=C1C=c2cc(OC)ccc2=[N+]1c1ccc(I)cc1.CNCCNC.COc1ccc2[nH]c(C)cc2c1.COc1ccc2c(c1)cc(C)n2-c1ccc(Br)cc1. The summed E-state index contributed by atoms with van der Waals surface area (Å²) in [5.74, 6) is 4.93. The molecule has 0 aliphatic carbocycles. The Morgan fingerprint density at radius 1 is 0.696 bits per heavy atom. The number of aromatic amines is 1. The van der Waals surface area contributed by atoms with Gasteiger partial charge in [0.2, 0.25) is 16.7 Å². The number of aliphatic hydroxyl groups excluding tert-OH is 1. The van der Waals surface area contributed by atoms with Gasteiger partial charge in [-0.1, -0.05) is 31.9 Å². The van der Waals surface area contributed by atoms with E-state index in [0.717, 1.165) is 66.8 Å². The topological polar surface area (TPSA) is 95.7 Å². The van der Waals surface area contributed by atoms with E-state index < -0.39 is 0 Å². The first-order chi connectivity index (χ1) is 33.3. The highest BCUT2D eigenvalue weighted by atomic mass is 127. The Kier molecular flexibility index (Phi) is 24.6. The molecule has 360 valence electrons. The van der Waals surface area contributed by atoms with E-state index in [0.29, 0.717) is 6.42 Å². The van der Waals surface area contributed by atoms with Crippen molar-refractivity contribution in [2.24, 2.45) is 0 Å². The molecule has 0 unspecified atom stereocenters. The largest absolute Gasteiger partial charge is 0.497 e. The van der Waals surface area contributed by atoms with E-state index in [9.17, 15) is 0 Å². The van der Waals surface area contributed by atoms with Crippen LogP contribution in [0.1, 0.15) is 17.8 Å². The quantitative estimate of drug-likeness (QED) is 0.0498. The Morgan fingerprint density at radius 3 is 1.74 bits per heavy atom. The molecule has 1 aliphatic rings. The summed E-state index contributed by atoms with van der Waals surface area (Å²) in [6, 6.07) is 47.5. The number of hydrogen-bond acceptors (Lipinski definition) is 6. The molecule has 0 saturated carbocycles. The summed E-state index contributed by atoms with van der Waals surface area (Å²) in [7, 11) is 8.94. The molecule has 0 saturated heterocycles. The molecule has 0 spiro atoms. The lowest BCUT2D eigenvalue weighted by atomic mass is 10.2. The highest BCUT2D eigenvalue weighted by Gasteiger charge is 2.20. The summed E-state index contributed by atoms with van der Waals surface area (Å²) >= 11 is 11.4. The summed E-state index contributed by atoms with van der Waals surface area (Å²) in [5.41, 5.74) is 8.02. The second-order valence-corrected chi connectivity index (χ2v) is 19.4. The number of allylic oxidation sites excluding steroid dienone is 1. The molecule has 0 radical (unpaired) electrons. The number of terminal acetylenes is 1. The van der Waals surface area contributed by atoms with E-state index in [2.05, 4.69) is 218 Å². The van der Waals surface area contributed by atoms with Crippen LogP contribution in [-0.4, -0.2) is 69.8 Å². The molecule has 0 bridgehead atoms. The molecule has 0 atom stereocenters. The average molecular weight is 1280 g/mol. The predicted octanol–water partition coefficient (Wildman–Crippen LogP) is 12.1. The lowest BCUT2D eigenvalue weighted by Crippen LogP contribution is -2.30.